The Hall–Kier alpha value is -1.76. The molecule has 0 bridgehead atoms. The van der Waals surface area contributed by atoms with Gasteiger partial charge in [-0.25, -0.2) is 8.42 Å². The van der Waals surface area contributed by atoms with Gasteiger partial charge in [0.25, 0.3) is 10.0 Å². The lowest BCUT2D eigenvalue weighted by atomic mass is 10.2. The molecule has 0 saturated carbocycles. The number of nitrogens with zero attached hydrogens (tertiary/aromatic N) is 2. The molecule has 0 spiro atoms. The zero-order valence-corrected chi connectivity index (χ0v) is 17.7. The SMILES string of the molecule is O=C(CN(c1ccc(Cl)cc1Cl)S(=O)(=O)c1ccccc1)N1CCCCCC1. The quantitative estimate of drug-likeness (QED) is 0.682. The van der Waals surface area contributed by atoms with Crippen LogP contribution in [0, 0.1) is 0 Å². The van der Waals surface area contributed by atoms with Crippen LogP contribution in [0.25, 0.3) is 0 Å². The number of hydrogen-bond acceptors (Lipinski definition) is 3. The standard InChI is InChI=1S/C20H22Cl2N2O3S/c21-16-10-11-19(18(22)14-16)24(28(26,27)17-8-4-3-5-9-17)15-20(25)23-12-6-1-2-7-13-23/h3-5,8-11,14H,1-2,6-7,12-13,15H2. The normalized spacial score (nSPS) is 15.1. The topological polar surface area (TPSA) is 57.7 Å². The molecule has 2 aromatic rings. The van der Waals surface area contributed by atoms with Gasteiger partial charge in [0.05, 0.1) is 15.6 Å². The molecule has 150 valence electrons. The zero-order valence-electron chi connectivity index (χ0n) is 15.4. The predicted octanol–water partition coefficient (Wildman–Crippen LogP) is 4.59. The molecule has 1 heterocycles. The molecule has 0 radical (unpaired) electrons. The van der Waals surface area contributed by atoms with Crippen LogP contribution in [0.15, 0.2) is 53.4 Å². The van der Waals surface area contributed by atoms with Crippen molar-refractivity contribution in [3.05, 3.63) is 58.6 Å². The van der Waals surface area contributed by atoms with Crippen LogP contribution in [0.4, 0.5) is 5.69 Å². The van der Waals surface area contributed by atoms with E-state index in [4.69, 9.17) is 23.2 Å². The van der Waals surface area contributed by atoms with Crippen molar-refractivity contribution in [1.82, 2.24) is 4.90 Å². The highest BCUT2D eigenvalue weighted by Gasteiger charge is 2.30. The average molecular weight is 441 g/mol. The van der Waals surface area contributed by atoms with Gasteiger partial charge in [-0.3, -0.25) is 9.10 Å². The van der Waals surface area contributed by atoms with Crippen molar-refractivity contribution in [2.24, 2.45) is 0 Å². The van der Waals surface area contributed by atoms with Crippen molar-refractivity contribution >= 4 is 44.8 Å². The number of hydrogen-bond donors (Lipinski definition) is 0. The fourth-order valence-electron chi connectivity index (χ4n) is 3.25. The average Bonchev–Trinajstić information content (AvgIpc) is 2.97. The molecule has 1 amide bonds. The molecule has 0 unspecified atom stereocenters. The number of carbonyl (C=O) groups excluding carboxylic acids is 1. The van der Waals surface area contributed by atoms with Crippen LogP contribution in [-0.4, -0.2) is 38.9 Å². The van der Waals surface area contributed by atoms with Crippen molar-refractivity contribution < 1.29 is 13.2 Å². The Morgan fingerprint density at radius 2 is 1.61 bits per heavy atom. The Bertz CT molecular complexity index is 928. The Kier molecular flexibility index (Phi) is 6.86. The summed E-state index contributed by atoms with van der Waals surface area (Å²) in [6.07, 6.45) is 4.02. The smallest absolute Gasteiger partial charge is 0.264 e. The molecule has 28 heavy (non-hydrogen) atoms. The third-order valence-electron chi connectivity index (χ3n) is 4.75. The van der Waals surface area contributed by atoms with Gasteiger partial charge >= 0.3 is 0 Å². The molecule has 3 rings (SSSR count). The summed E-state index contributed by atoms with van der Waals surface area (Å²) in [5.74, 6) is -0.229. The van der Waals surface area contributed by atoms with Gasteiger partial charge in [0.15, 0.2) is 0 Å². The molecule has 1 aliphatic rings. The third-order valence-corrected chi connectivity index (χ3v) is 7.06. The van der Waals surface area contributed by atoms with Gasteiger partial charge in [0.1, 0.15) is 6.54 Å². The van der Waals surface area contributed by atoms with E-state index in [9.17, 15) is 13.2 Å². The first-order chi connectivity index (χ1) is 13.4. The first-order valence-corrected chi connectivity index (χ1v) is 11.4. The van der Waals surface area contributed by atoms with Crippen molar-refractivity contribution in [1.29, 1.82) is 0 Å². The van der Waals surface area contributed by atoms with Crippen LogP contribution in [0.5, 0.6) is 0 Å². The second kappa shape index (κ2) is 9.16. The van der Waals surface area contributed by atoms with E-state index in [1.165, 1.54) is 24.3 Å². The predicted molar refractivity (Wildman–Crippen MR) is 112 cm³/mol. The summed E-state index contributed by atoms with van der Waals surface area (Å²) < 4.78 is 27.7. The summed E-state index contributed by atoms with van der Waals surface area (Å²) in [6, 6.07) is 12.6. The Balaban J connectivity index is 1.98. The fourth-order valence-corrected chi connectivity index (χ4v) is 5.26. The van der Waals surface area contributed by atoms with Gasteiger partial charge in [0, 0.05) is 18.1 Å². The monoisotopic (exact) mass is 440 g/mol. The van der Waals surface area contributed by atoms with Crippen LogP contribution in [-0.2, 0) is 14.8 Å². The van der Waals surface area contributed by atoms with Crippen molar-refractivity contribution in [2.45, 2.75) is 30.6 Å². The molecule has 2 aromatic carbocycles. The lowest BCUT2D eigenvalue weighted by Crippen LogP contribution is -2.43. The Morgan fingerprint density at radius 3 is 2.21 bits per heavy atom. The molecule has 0 aromatic heterocycles. The summed E-state index contributed by atoms with van der Waals surface area (Å²) in [7, 11) is -3.97. The molecule has 1 saturated heterocycles. The number of halogens is 2. The van der Waals surface area contributed by atoms with E-state index in [0.29, 0.717) is 18.1 Å². The lowest BCUT2D eigenvalue weighted by Gasteiger charge is -2.28. The highest BCUT2D eigenvalue weighted by molar-refractivity contribution is 7.92. The first kappa shape index (κ1) is 21.0. The van der Waals surface area contributed by atoms with Gasteiger partial charge in [0.2, 0.25) is 5.91 Å². The van der Waals surface area contributed by atoms with Gasteiger partial charge in [-0.2, -0.15) is 0 Å². The van der Waals surface area contributed by atoms with E-state index in [1.807, 2.05) is 0 Å². The van der Waals surface area contributed by atoms with Crippen LogP contribution in [0.3, 0.4) is 0 Å². The number of sulfonamides is 1. The maximum atomic E-state index is 13.3. The molecule has 1 aliphatic heterocycles. The van der Waals surface area contributed by atoms with E-state index in [-0.39, 0.29) is 28.1 Å². The third kappa shape index (κ3) is 4.80. The van der Waals surface area contributed by atoms with Gasteiger partial charge in [-0.05, 0) is 43.2 Å². The van der Waals surface area contributed by atoms with E-state index < -0.39 is 10.0 Å². The van der Waals surface area contributed by atoms with Gasteiger partial charge < -0.3 is 4.90 Å². The van der Waals surface area contributed by atoms with Crippen molar-refractivity contribution in [3.8, 4) is 0 Å². The summed E-state index contributed by atoms with van der Waals surface area (Å²) in [5, 5.41) is 0.570. The summed E-state index contributed by atoms with van der Waals surface area (Å²) in [4.78, 5) is 14.8. The van der Waals surface area contributed by atoms with Gasteiger partial charge in [-0.1, -0.05) is 54.2 Å². The van der Waals surface area contributed by atoms with E-state index in [2.05, 4.69) is 0 Å². The van der Waals surface area contributed by atoms with E-state index in [1.54, 1.807) is 29.2 Å². The minimum atomic E-state index is -3.97. The molecular formula is C20H22Cl2N2O3S. The summed E-state index contributed by atoms with van der Waals surface area (Å²) in [6.45, 7) is 0.984. The molecule has 0 N–H and O–H groups in total. The zero-order chi connectivity index (χ0) is 20.1. The molecule has 5 nitrogen and oxygen atoms in total. The maximum Gasteiger partial charge on any atom is 0.264 e. The maximum absolute atomic E-state index is 13.3. The number of carbonyl (C=O) groups is 1. The van der Waals surface area contributed by atoms with E-state index in [0.717, 1.165) is 30.0 Å². The minimum absolute atomic E-state index is 0.102. The van der Waals surface area contributed by atoms with Crippen LogP contribution in [0.1, 0.15) is 25.7 Å². The number of rotatable bonds is 5. The number of benzene rings is 2. The van der Waals surface area contributed by atoms with Gasteiger partial charge in [-0.15, -0.1) is 0 Å². The van der Waals surface area contributed by atoms with Crippen LogP contribution in [0.2, 0.25) is 10.0 Å². The largest absolute Gasteiger partial charge is 0.341 e. The molecule has 8 heteroatoms. The summed E-state index contributed by atoms with van der Waals surface area (Å²) in [5.41, 5.74) is 0.234. The summed E-state index contributed by atoms with van der Waals surface area (Å²) >= 11 is 12.3. The van der Waals surface area contributed by atoms with Crippen LogP contribution >= 0.6 is 23.2 Å². The number of likely N-dealkylation sites (tertiary alicyclic amines) is 1. The first-order valence-electron chi connectivity index (χ1n) is 9.20. The Morgan fingerprint density at radius 1 is 0.964 bits per heavy atom. The minimum Gasteiger partial charge on any atom is -0.341 e. The Labute approximate surface area is 175 Å². The fraction of sp³-hybridized carbons (Fsp3) is 0.350. The number of amides is 1. The molecule has 1 fully saturated rings. The molecule has 0 aliphatic carbocycles. The highest BCUT2D eigenvalue weighted by atomic mass is 35.5. The van der Waals surface area contributed by atoms with Crippen molar-refractivity contribution in [2.75, 3.05) is 23.9 Å². The molecular weight excluding hydrogens is 419 g/mol. The molecule has 0 atom stereocenters. The number of anilines is 1. The van der Waals surface area contributed by atoms with Crippen molar-refractivity contribution in [3.63, 3.8) is 0 Å². The second-order valence-electron chi connectivity index (χ2n) is 6.72. The van der Waals surface area contributed by atoms with E-state index >= 15 is 0 Å². The van der Waals surface area contributed by atoms with Crippen LogP contribution < -0.4 is 4.31 Å². The lowest BCUT2D eigenvalue weighted by molar-refractivity contribution is -0.129. The second-order valence-corrected chi connectivity index (χ2v) is 9.42. The highest BCUT2D eigenvalue weighted by Crippen LogP contribution is 2.32.